The zero-order chi connectivity index (χ0) is 11.7. The van der Waals surface area contributed by atoms with Gasteiger partial charge < -0.3 is 10.7 Å². The lowest BCUT2D eigenvalue weighted by Crippen LogP contribution is -1.97. The average molecular weight is 223 g/mol. The molecule has 1 aromatic heterocycles. The van der Waals surface area contributed by atoms with Gasteiger partial charge in [0.1, 0.15) is 5.82 Å². The number of fused-ring (bicyclic) bond motifs is 1. The summed E-state index contributed by atoms with van der Waals surface area (Å²) in [6.07, 6.45) is 0. The van der Waals surface area contributed by atoms with E-state index in [9.17, 15) is 0 Å². The van der Waals surface area contributed by atoms with Crippen LogP contribution in [0.5, 0.6) is 0 Å². The molecular weight excluding hydrogens is 210 g/mol. The highest BCUT2D eigenvalue weighted by Crippen LogP contribution is 2.22. The molecule has 2 aromatic carbocycles. The summed E-state index contributed by atoms with van der Waals surface area (Å²) >= 11 is 0. The van der Waals surface area contributed by atoms with Crippen molar-refractivity contribution in [2.45, 2.75) is 6.54 Å². The zero-order valence-electron chi connectivity index (χ0n) is 9.35. The molecule has 0 amide bonds. The molecule has 0 aliphatic heterocycles. The van der Waals surface area contributed by atoms with E-state index in [1.165, 1.54) is 11.1 Å². The lowest BCUT2D eigenvalue weighted by atomic mass is 10.1. The number of hydrogen-bond acceptors (Lipinski definition) is 2. The Kier molecular flexibility index (Phi) is 2.38. The van der Waals surface area contributed by atoms with E-state index in [4.69, 9.17) is 5.73 Å². The molecule has 0 saturated heterocycles. The quantitative estimate of drug-likeness (QED) is 0.701. The first-order valence-corrected chi connectivity index (χ1v) is 5.61. The molecule has 84 valence electrons. The van der Waals surface area contributed by atoms with Crippen molar-refractivity contribution in [3.8, 4) is 11.1 Å². The summed E-state index contributed by atoms with van der Waals surface area (Å²) in [7, 11) is 0. The minimum absolute atomic E-state index is 0.440. The highest BCUT2D eigenvalue weighted by atomic mass is 14.9. The monoisotopic (exact) mass is 223 g/mol. The minimum atomic E-state index is 0.440. The second kappa shape index (κ2) is 4.03. The predicted octanol–water partition coefficient (Wildman–Crippen LogP) is 2.69. The summed E-state index contributed by atoms with van der Waals surface area (Å²) in [5, 5.41) is 0. The van der Waals surface area contributed by atoms with Crippen molar-refractivity contribution in [1.82, 2.24) is 9.97 Å². The van der Waals surface area contributed by atoms with Gasteiger partial charge in [0.2, 0.25) is 0 Å². The molecular formula is C14H13N3. The normalized spacial score (nSPS) is 10.9. The van der Waals surface area contributed by atoms with E-state index in [2.05, 4.69) is 34.2 Å². The number of nitrogens with one attached hydrogen (secondary N) is 1. The molecule has 3 nitrogen and oxygen atoms in total. The maximum Gasteiger partial charge on any atom is 0.121 e. The van der Waals surface area contributed by atoms with Crippen molar-refractivity contribution >= 4 is 11.0 Å². The Morgan fingerprint density at radius 1 is 1.00 bits per heavy atom. The van der Waals surface area contributed by atoms with Crippen molar-refractivity contribution in [2.75, 3.05) is 0 Å². The fraction of sp³-hybridized carbons (Fsp3) is 0.0714. The highest BCUT2D eigenvalue weighted by molar-refractivity contribution is 5.81. The average Bonchev–Trinajstić information content (AvgIpc) is 2.81. The molecule has 0 aliphatic carbocycles. The van der Waals surface area contributed by atoms with Gasteiger partial charge in [-0.05, 0) is 23.3 Å². The van der Waals surface area contributed by atoms with Gasteiger partial charge in [-0.15, -0.1) is 0 Å². The summed E-state index contributed by atoms with van der Waals surface area (Å²) in [4.78, 5) is 7.60. The minimum Gasteiger partial charge on any atom is -0.341 e. The van der Waals surface area contributed by atoms with Crippen LogP contribution < -0.4 is 5.73 Å². The molecule has 0 atom stereocenters. The number of H-pyrrole nitrogens is 1. The number of aromatic amines is 1. The van der Waals surface area contributed by atoms with Crippen molar-refractivity contribution in [1.29, 1.82) is 0 Å². The number of aromatic nitrogens is 2. The second-order valence-corrected chi connectivity index (χ2v) is 3.99. The van der Waals surface area contributed by atoms with Gasteiger partial charge in [0, 0.05) is 0 Å². The largest absolute Gasteiger partial charge is 0.341 e. The van der Waals surface area contributed by atoms with Crippen LogP contribution in [0.15, 0.2) is 48.5 Å². The van der Waals surface area contributed by atoms with E-state index in [1.54, 1.807) is 0 Å². The van der Waals surface area contributed by atoms with E-state index in [-0.39, 0.29) is 0 Å². The number of nitrogens with zero attached hydrogens (tertiary/aromatic N) is 1. The topological polar surface area (TPSA) is 54.7 Å². The van der Waals surface area contributed by atoms with Crippen LogP contribution in [0.4, 0.5) is 0 Å². The third kappa shape index (κ3) is 1.81. The Bertz CT molecular complexity index is 641. The van der Waals surface area contributed by atoms with E-state index < -0.39 is 0 Å². The van der Waals surface area contributed by atoms with Gasteiger partial charge in [-0.3, -0.25) is 0 Å². The Balaban J connectivity index is 2.13. The van der Waals surface area contributed by atoms with Gasteiger partial charge in [0.05, 0.1) is 17.6 Å². The van der Waals surface area contributed by atoms with Crippen LogP contribution in [0.25, 0.3) is 22.2 Å². The summed E-state index contributed by atoms with van der Waals surface area (Å²) < 4.78 is 0. The molecule has 0 radical (unpaired) electrons. The number of imidazole rings is 1. The Hall–Kier alpha value is -2.13. The number of nitrogens with two attached hydrogens (primary N) is 1. The number of benzene rings is 2. The molecule has 1 heterocycles. The van der Waals surface area contributed by atoms with Gasteiger partial charge in [-0.2, -0.15) is 0 Å². The van der Waals surface area contributed by atoms with Crippen molar-refractivity contribution in [3.63, 3.8) is 0 Å². The van der Waals surface area contributed by atoms with Crippen LogP contribution in [0.1, 0.15) is 5.82 Å². The summed E-state index contributed by atoms with van der Waals surface area (Å²) in [5.41, 5.74) is 9.96. The van der Waals surface area contributed by atoms with E-state index in [0.717, 1.165) is 16.9 Å². The van der Waals surface area contributed by atoms with Gasteiger partial charge in [-0.25, -0.2) is 4.98 Å². The molecule has 0 fully saturated rings. The van der Waals surface area contributed by atoms with Crippen LogP contribution in [0, 0.1) is 0 Å². The molecule has 0 aliphatic rings. The first kappa shape index (κ1) is 10.1. The van der Waals surface area contributed by atoms with E-state index in [0.29, 0.717) is 6.54 Å². The first-order chi connectivity index (χ1) is 8.36. The summed E-state index contributed by atoms with van der Waals surface area (Å²) in [5.74, 6) is 0.824. The van der Waals surface area contributed by atoms with Crippen molar-refractivity contribution < 1.29 is 0 Å². The zero-order valence-corrected chi connectivity index (χ0v) is 9.35. The van der Waals surface area contributed by atoms with Gasteiger partial charge in [-0.1, -0.05) is 36.4 Å². The smallest absolute Gasteiger partial charge is 0.121 e. The Morgan fingerprint density at radius 2 is 1.82 bits per heavy atom. The number of rotatable bonds is 2. The van der Waals surface area contributed by atoms with Crippen LogP contribution in [-0.4, -0.2) is 9.97 Å². The fourth-order valence-electron chi connectivity index (χ4n) is 1.97. The third-order valence-corrected chi connectivity index (χ3v) is 2.83. The molecule has 3 rings (SSSR count). The van der Waals surface area contributed by atoms with Crippen LogP contribution in [0.2, 0.25) is 0 Å². The maximum atomic E-state index is 5.57. The van der Waals surface area contributed by atoms with Crippen LogP contribution >= 0.6 is 0 Å². The van der Waals surface area contributed by atoms with Crippen molar-refractivity contribution in [2.24, 2.45) is 5.73 Å². The predicted molar refractivity (Wildman–Crippen MR) is 69.4 cm³/mol. The SMILES string of the molecule is NCc1nc2ccc(-c3ccccc3)cc2[nH]1. The van der Waals surface area contributed by atoms with Gasteiger partial charge >= 0.3 is 0 Å². The first-order valence-electron chi connectivity index (χ1n) is 5.61. The standard InChI is InChI=1S/C14H13N3/c15-9-14-16-12-7-6-11(8-13(12)17-14)10-4-2-1-3-5-10/h1-8H,9,15H2,(H,16,17). The molecule has 0 saturated carbocycles. The van der Waals surface area contributed by atoms with Gasteiger partial charge in [0.25, 0.3) is 0 Å². The molecule has 17 heavy (non-hydrogen) atoms. The molecule has 0 spiro atoms. The fourth-order valence-corrected chi connectivity index (χ4v) is 1.97. The second-order valence-electron chi connectivity index (χ2n) is 3.99. The van der Waals surface area contributed by atoms with E-state index >= 15 is 0 Å². The Labute approximate surface area is 99.3 Å². The Morgan fingerprint density at radius 3 is 2.59 bits per heavy atom. The lowest BCUT2D eigenvalue weighted by Gasteiger charge is -2.00. The third-order valence-electron chi connectivity index (χ3n) is 2.83. The molecule has 0 bridgehead atoms. The van der Waals surface area contributed by atoms with Crippen LogP contribution in [-0.2, 0) is 6.54 Å². The molecule has 3 heteroatoms. The summed E-state index contributed by atoms with van der Waals surface area (Å²) in [6, 6.07) is 16.5. The van der Waals surface area contributed by atoms with Crippen LogP contribution in [0.3, 0.4) is 0 Å². The molecule has 3 N–H and O–H groups in total. The van der Waals surface area contributed by atoms with Gasteiger partial charge in [0.15, 0.2) is 0 Å². The summed E-state index contributed by atoms with van der Waals surface area (Å²) in [6.45, 7) is 0.440. The number of hydrogen-bond donors (Lipinski definition) is 2. The van der Waals surface area contributed by atoms with E-state index in [1.807, 2.05) is 24.3 Å². The molecule has 0 unspecified atom stereocenters. The highest BCUT2D eigenvalue weighted by Gasteiger charge is 2.03. The maximum absolute atomic E-state index is 5.57. The molecule has 3 aromatic rings. The lowest BCUT2D eigenvalue weighted by molar-refractivity contribution is 0.958. The van der Waals surface area contributed by atoms with Crippen molar-refractivity contribution in [3.05, 3.63) is 54.4 Å².